The molecule has 0 aliphatic heterocycles. The molecule has 21 heavy (non-hydrogen) atoms. The second-order valence-electron chi connectivity index (χ2n) is 6.21. The van der Waals surface area contributed by atoms with Gasteiger partial charge in [0.1, 0.15) is 9.84 Å². The molecule has 1 N–H and O–H groups in total. The zero-order chi connectivity index (χ0) is 16.0. The van der Waals surface area contributed by atoms with Crippen LogP contribution >= 0.6 is 0 Å². The average molecular weight is 312 g/mol. The highest BCUT2D eigenvalue weighted by Crippen LogP contribution is 2.21. The molecular formula is C16H28N2O2S. The Balaban J connectivity index is 2.80. The number of anilines is 1. The highest BCUT2D eigenvalue weighted by molar-refractivity contribution is 7.90. The van der Waals surface area contributed by atoms with Crippen LogP contribution in [0.2, 0.25) is 0 Å². The van der Waals surface area contributed by atoms with E-state index in [1.165, 1.54) is 17.4 Å². The van der Waals surface area contributed by atoms with Gasteiger partial charge in [-0.3, -0.25) is 0 Å². The first-order valence-electron chi connectivity index (χ1n) is 7.38. The lowest BCUT2D eigenvalue weighted by molar-refractivity contribution is 0.552. The van der Waals surface area contributed by atoms with E-state index in [0.717, 1.165) is 18.8 Å². The molecule has 1 aromatic rings. The molecule has 0 radical (unpaired) electrons. The van der Waals surface area contributed by atoms with Crippen molar-refractivity contribution in [3.05, 3.63) is 29.3 Å². The summed E-state index contributed by atoms with van der Waals surface area (Å²) in [6.45, 7) is 8.73. The lowest BCUT2D eigenvalue weighted by Gasteiger charge is -2.23. The fourth-order valence-electron chi connectivity index (χ4n) is 2.15. The van der Waals surface area contributed by atoms with Gasteiger partial charge in [0.25, 0.3) is 0 Å². The molecule has 0 fully saturated rings. The second kappa shape index (κ2) is 7.80. The summed E-state index contributed by atoms with van der Waals surface area (Å²) in [6, 6.07) is 6.31. The van der Waals surface area contributed by atoms with Crippen LogP contribution in [-0.4, -0.2) is 40.6 Å². The molecule has 1 aromatic carbocycles. The van der Waals surface area contributed by atoms with Gasteiger partial charge in [0, 0.05) is 32.1 Å². The average Bonchev–Trinajstić information content (AvgIpc) is 2.35. The van der Waals surface area contributed by atoms with E-state index >= 15 is 0 Å². The lowest BCUT2D eigenvalue weighted by atomic mass is 10.1. The number of benzene rings is 1. The molecule has 5 heteroatoms. The summed E-state index contributed by atoms with van der Waals surface area (Å²) in [5.41, 5.74) is 3.53. The van der Waals surface area contributed by atoms with Crippen LogP contribution < -0.4 is 10.2 Å². The monoisotopic (exact) mass is 312 g/mol. The SMILES string of the molecule is Cc1ccc(N(C)CCS(C)(=O)=O)c(CNCC(C)C)c1. The summed E-state index contributed by atoms with van der Waals surface area (Å²) in [5, 5.41) is 3.45. The number of rotatable bonds is 8. The van der Waals surface area contributed by atoms with E-state index < -0.39 is 9.84 Å². The van der Waals surface area contributed by atoms with Crippen molar-refractivity contribution in [2.24, 2.45) is 5.92 Å². The van der Waals surface area contributed by atoms with Crippen molar-refractivity contribution in [3.63, 3.8) is 0 Å². The maximum absolute atomic E-state index is 11.3. The van der Waals surface area contributed by atoms with Crippen LogP contribution in [0.1, 0.15) is 25.0 Å². The van der Waals surface area contributed by atoms with Gasteiger partial charge < -0.3 is 10.2 Å². The summed E-state index contributed by atoms with van der Waals surface area (Å²) in [5.74, 6) is 0.789. The first-order chi connectivity index (χ1) is 9.69. The Morgan fingerprint density at radius 1 is 1.29 bits per heavy atom. The number of sulfone groups is 1. The van der Waals surface area contributed by atoms with Crippen LogP contribution in [0.25, 0.3) is 0 Å². The van der Waals surface area contributed by atoms with Gasteiger partial charge >= 0.3 is 0 Å². The number of hydrogen-bond acceptors (Lipinski definition) is 4. The first-order valence-corrected chi connectivity index (χ1v) is 9.44. The van der Waals surface area contributed by atoms with Crippen molar-refractivity contribution in [3.8, 4) is 0 Å². The van der Waals surface area contributed by atoms with E-state index in [1.54, 1.807) is 0 Å². The summed E-state index contributed by atoms with van der Waals surface area (Å²) < 4.78 is 22.6. The van der Waals surface area contributed by atoms with E-state index in [1.807, 2.05) is 11.9 Å². The van der Waals surface area contributed by atoms with Crippen LogP contribution in [0.3, 0.4) is 0 Å². The molecule has 0 amide bonds. The molecule has 120 valence electrons. The molecule has 0 saturated carbocycles. The Hall–Kier alpha value is -1.07. The van der Waals surface area contributed by atoms with E-state index in [0.29, 0.717) is 12.5 Å². The third-order valence-electron chi connectivity index (χ3n) is 3.31. The highest BCUT2D eigenvalue weighted by atomic mass is 32.2. The quantitative estimate of drug-likeness (QED) is 0.800. The summed E-state index contributed by atoms with van der Waals surface area (Å²) in [7, 11) is -0.987. The number of hydrogen-bond donors (Lipinski definition) is 1. The van der Waals surface area contributed by atoms with Gasteiger partial charge in [0.2, 0.25) is 0 Å². The van der Waals surface area contributed by atoms with Crippen molar-refractivity contribution in [1.29, 1.82) is 0 Å². The van der Waals surface area contributed by atoms with E-state index in [-0.39, 0.29) is 5.75 Å². The van der Waals surface area contributed by atoms with E-state index in [9.17, 15) is 8.42 Å². The molecule has 0 bridgehead atoms. The third kappa shape index (κ3) is 6.96. The molecule has 4 nitrogen and oxygen atoms in total. The Morgan fingerprint density at radius 2 is 1.95 bits per heavy atom. The van der Waals surface area contributed by atoms with Gasteiger partial charge in [0.15, 0.2) is 0 Å². The second-order valence-corrected chi connectivity index (χ2v) is 8.47. The van der Waals surface area contributed by atoms with E-state index in [2.05, 4.69) is 44.3 Å². The van der Waals surface area contributed by atoms with Crippen molar-refractivity contribution < 1.29 is 8.42 Å². The molecule has 0 heterocycles. The molecule has 0 saturated heterocycles. The standard InChI is InChI=1S/C16H28N2O2S/c1-13(2)11-17-12-15-10-14(3)6-7-16(15)18(4)8-9-21(5,19)20/h6-7,10,13,17H,8-9,11-12H2,1-5H3. The molecule has 0 aliphatic rings. The zero-order valence-corrected chi connectivity index (χ0v) is 14.6. The first kappa shape index (κ1) is 18.0. The largest absolute Gasteiger partial charge is 0.373 e. The predicted molar refractivity (Wildman–Crippen MR) is 90.7 cm³/mol. The maximum atomic E-state index is 11.3. The summed E-state index contributed by atoms with van der Waals surface area (Å²) in [4.78, 5) is 2.02. The van der Waals surface area contributed by atoms with Crippen LogP contribution in [0.4, 0.5) is 5.69 Å². The van der Waals surface area contributed by atoms with Gasteiger partial charge in [-0.2, -0.15) is 0 Å². The van der Waals surface area contributed by atoms with Gasteiger partial charge in [-0.15, -0.1) is 0 Å². The fraction of sp³-hybridized carbons (Fsp3) is 0.625. The van der Waals surface area contributed by atoms with Gasteiger partial charge in [-0.25, -0.2) is 8.42 Å². The summed E-state index contributed by atoms with van der Waals surface area (Å²) >= 11 is 0. The topological polar surface area (TPSA) is 49.4 Å². The smallest absolute Gasteiger partial charge is 0.149 e. The van der Waals surface area contributed by atoms with Gasteiger partial charge in [0.05, 0.1) is 5.75 Å². The van der Waals surface area contributed by atoms with Crippen LogP contribution in [0.5, 0.6) is 0 Å². The minimum Gasteiger partial charge on any atom is -0.373 e. The van der Waals surface area contributed by atoms with Crippen molar-refractivity contribution in [2.75, 3.05) is 37.0 Å². The van der Waals surface area contributed by atoms with Crippen LogP contribution in [0, 0.1) is 12.8 Å². The molecule has 0 aromatic heterocycles. The lowest BCUT2D eigenvalue weighted by Crippen LogP contribution is -2.27. The zero-order valence-electron chi connectivity index (χ0n) is 13.8. The Kier molecular flexibility index (Phi) is 6.68. The van der Waals surface area contributed by atoms with Crippen molar-refractivity contribution in [1.82, 2.24) is 5.32 Å². The number of nitrogens with zero attached hydrogens (tertiary/aromatic N) is 1. The van der Waals surface area contributed by atoms with Crippen molar-refractivity contribution >= 4 is 15.5 Å². The molecule has 1 rings (SSSR count). The predicted octanol–water partition coefficient (Wildman–Crippen LogP) is 2.22. The molecule has 0 spiro atoms. The Morgan fingerprint density at radius 3 is 2.52 bits per heavy atom. The molecular weight excluding hydrogens is 284 g/mol. The third-order valence-corrected chi connectivity index (χ3v) is 4.24. The molecule has 0 aliphatic carbocycles. The summed E-state index contributed by atoms with van der Waals surface area (Å²) in [6.07, 6.45) is 1.28. The molecule has 0 unspecified atom stereocenters. The Bertz CT molecular complexity index is 553. The maximum Gasteiger partial charge on any atom is 0.149 e. The Labute approximate surface area is 129 Å². The minimum absolute atomic E-state index is 0.177. The highest BCUT2D eigenvalue weighted by Gasteiger charge is 2.10. The number of nitrogens with one attached hydrogen (secondary N) is 1. The molecule has 0 atom stereocenters. The normalized spacial score (nSPS) is 11.9. The van der Waals surface area contributed by atoms with E-state index in [4.69, 9.17) is 0 Å². The van der Waals surface area contributed by atoms with Crippen LogP contribution in [-0.2, 0) is 16.4 Å². The van der Waals surface area contributed by atoms with Crippen LogP contribution in [0.15, 0.2) is 18.2 Å². The van der Waals surface area contributed by atoms with Gasteiger partial charge in [-0.1, -0.05) is 31.5 Å². The minimum atomic E-state index is -2.93. The number of aryl methyl sites for hydroxylation is 1. The fourth-order valence-corrected chi connectivity index (χ4v) is 2.75. The van der Waals surface area contributed by atoms with Crippen molar-refractivity contribution in [2.45, 2.75) is 27.3 Å². The van der Waals surface area contributed by atoms with Gasteiger partial charge in [-0.05, 0) is 31.0 Å².